The highest BCUT2D eigenvalue weighted by molar-refractivity contribution is 7.80. The van der Waals surface area contributed by atoms with Gasteiger partial charge in [0, 0.05) is 18.5 Å². The molecule has 2 N–H and O–H groups in total. The van der Waals surface area contributed by atoms with Gasteiger partial charge >= 0.3 is 0 Å². The highest BCUT2D eigenvalue weighted by Crippen LogP contribution is 2.21. The van der Waals surface area contributed by atoms with E-state index in [2.05, 4.69) is 32.5 Å². The summed E-state index contributed by atoms with van der Waals surface area (Å²) in [6.07, 6.45) is 0. The van der Waals surface area contributed by atoms with Gasteiger partial charge in [0.05, 0.1) is 6.04 Å². The van der Waals surface area contributed by atoms with Crippen molar-refractivity contribution >= 4 is 24.2 Å². The number of rotatable bonds is 4. The SMILES string of the molecule is CC(C)c1cccc(N(C)C(=O)C(N)CS)c1. The van der Waals surface area contributed by atoms with Crippen LogP contribution in [0.1, 0.15) is 25.3 Å². The molecule has 0 heterocycles. The van der Waals surface area contributed by atoms with Crippen molar-refractivity contribution in [3.05, 3.63) is 29.8 Å². The molecule has 1 aromatic carbocycles. The lowest BCUT2D eigenvalue weighted by Gasteiger charge is -2.21. The second kappa shape index (κ2) is 6.07. The maximum atomic E-state index is 11.9. The molecule has 4 heteroatoms. The summed E-state index contributed by atoms with van der Waals surface area (Å²) in [7, 11) is 1.74. The molecule has 0 bridgehead atoms. The first-order valence-corrected chi connectivity index (χ1v) is 6.34. The van der Waals surface area contributed by atoms with Crippen molar-refractivity contribution in [3.63, 3.8) is 0 Å². The van der Waals surface area contributed by atoms with Crippen molar-refractivity contribution < 1.29 is 4.79 Å². The summed E-state index contributed by atoms with van der Waals surface area (Å²) in [4.78, 5) is 13.5. The number of benzene rings is 1. The van der Waals surface area contributed by atoms with Crippen molar-refractivity contribution in [2.24, 2.45) is 5.73 Å². The van der Waals surface area contributed by atoms with Crippen LogP contribution in [-0.4, -0.2) is 24.7 Å². The summed E-state index contributed by atoms with van der Waals surface area (Å²) in [6, 6.07) is 7.40. The Balaban J connectivity index is 2.92. The first kappa shape index (κ1) is 14.1. The number of amides is 1. The Morgan fingerprint density at radius 3 is 2.65 bits per heavy atom. The third-order valence-corrected chi connectivity index (χ3v) is 3.16. The molecule has 0 saturated carbocycles. The van der Waals surface area contributed by atoms with Gasteiger partial charge in [-0.25, -0.2) is 0 Å². The summed E-state index contributed by atoms with van der Waals surface area (Å²) >= 11 is 4.04. The summed E-state index contributed by atoms with van der Waals surface area (Å²) in [5, 5.41) is 0. The normalized spacial score (nSPS) is 12.6. The van der Waals surface area contributed by atoms with Crippen LogP contribution < -0.4 is 10.6 Å². The molecule has 1 atom stereocenters. The first-order valence-electron chi connectivity index (χ1n) is 5.71. The largest absolute Gasteiger partial charge is 0.319 e. The summed E-state index contributed by atoms with van der Waals surface area (Å²) in [5.41, 5.74) is 7.77. The summed E-state index contributed by atoms with van der Waals surface area (Å²) in [6.45, 7) is 4.25. The molecule has 0 saturated heterocycles. The Labute approximate surface area is 108 Å². The Morgan fingerprint density at radius 2 is 2.12 bits per heavy atom. The van der Waals surface area contributed by atoms with E-state index in [1.165, 1.54) is 5.56 Å². The van der Waals surface area contributed by atoms with Crippen LogP contribution in [0.25, 0.3) is 0 Å². The van der Waals surface area contributed by atoms with Crippen LogP contribution in [-0.2, 0) is 4.79 Å². The van der Waals surface area contributed by atoms with Gasteiger partial charge in [-0.15, -0.1) is 0 Å². The third kappa shape index (κ3) is 3.48. The van der Waals surface area contributed by atoms with Crippen molar-refractivity contribution in [3.8, 4) is 0 Å². The van der Waals surface area contributed by atoms with E-state index in [1.54, 1.807) is 11.9 Å². The van der Waals surface area contributed by atoms with Gasteiger partial charge in [0.1, 0.15) is 0 Å². The number of carbonyl (C=O) groups is 1. The zero-order chi connectivity index (χ0) is 13.0. The smallest absolute Gasteiger partial charge is 0.244 e. The highest BCUT2D eigenvalue weighted by atomic mass is 32.1. The third-order valence-electron chi connectivity index (χ3n) is 2.77. The molecular formula is C13H20N2OS. The van der Waals surface area contributed by atoms with Gasteiger partial charge in [0.25, 0.3) is 0 Å². The number of anilines is 1. The van der Waals surface area contributed by atoms with Gasteiger partial charge < -0.3 is 10.6 Å². The minimum atomic E-state index is -0.550. The van der Waals surface area contributed by atoms with E-state index < -0.39 is 6.04 Å². The molecular weight excluding hydrogens is 232 g/mol. The van der Waals surface area contributed by atoms with Crippen LogP contribution in [0.4, 0.5) is 5.69 Å². The van der Waals surface area contributed by atoms with Crippen molar-refractivity contribution in [2.45, 2.75) is 25.8 Å². The standard InChI is InChI=1S/C13H20N2OS/c1-9(2)10-5-4-6-11(7-10)15(3)13(16)12(14)8-17/h4-7,9,12,17H,8,14H2,1-3H3. The summed E-state index contributed by atoms with van der Waals surface area (Å²) < 4.78 is 0. The number of carbonyl (C=O) groups excluding carboxylic acids is 1. The van der Waals surface area contributed by atoms with Crippen molar-refractivity contribution in [1.82, 2.24) is 0 Å². The molecule has 0 aliphatic heterocycles. The Morgan fingerprint density at radius 1 is 1.47 bits per heavy atom. The molecule has 0 spiro atoms. The minimum absolute atomic E-state index is 0.110. The predicted octanol–water partition coefficient (Wildman–Crippen LogP) is 2.03. The zero-order valence-electron chi connectivity index (χ0n) is 10.6. The number of thiol groups is 1. The fourth-order valence-electron chi connectivity index (χ4n) is 1.55. The maximum absolute atomic E-state index is 11.9. The van der Waals surface area contributed by atoms with Gasteiger partial charge in [-0.1, -0.05) is 26.0 Å². The van der Waals surface area contributed by atoms with Gasteiger partial charge in [0.15, 0.2) is 0 Å². The van der Waals surface area contributed by atoms with E-state index in [-0.39, 0.29) is 5.91 Å². The molecule has 1 aromatic rings. The molecule has 0 aromatic heterocycles. The fraction of sp³-hybridized carbons (Fsp3) is 0.462. The number of likely N-dealkylation sites (N-methyl/N-ethyl adjacent to an activating group) is 1. The van der Waals surface area contributed by atoms with E-state index in [4.69, 9.17) is 5.73 Å². The highest BCUT2D eigenvalue weighted by Gasteiger charge is 2.18. The van der Waals surface area contributed by atoms with Crippen LogP contribution in [0, 0.1) is 0 Å². The van der Waals surface area contributed by atoms with Gasteiger partial charge in [-0.3, -0.25) is 4.79 Å². The van der Waals surface area contributed by atoms with E-state index in [9.17, 15) is 4.79 Å². The average Bonchev–Trinajstić information content (AvgIpc) is 2.36. The van der Waals surface area contributed by atoms with Crippen LogP contribution in [0.2, 0.25) is 0 Å². The predicted molar refractivity (Wildman–Crippen MR) is 75.8 cm³/mol. The molecule has 0 aliphatic rings. The lowest BCUT2D eigenvalue weighted by Crippen LogP contribution is -2.43. The van der Waals surface area contributed by atoms with Gasteiger partial charge in [-0.05, 0) is 23.6 Å². The number of hydrogen-bond acceptors (Lipinski definition) is 3. The minimum Gasteiger partial charge on any atom is -0.319 e. The monoisotopic (exact) mass is 252 g/mol. The second-order valence-electron chi connectivity index (χ2n) is 4.44. The number of hydrogen-bond donors (Lipinski definition) is 2. The Hall–Kier alpha value is -1.00. The van der Waals surface area contributed by atoms with E-state index >= 15 is 0 Å². The fourth-order valence-corrected chi connectivity index (χ4v) is 1.70. The van der Waals surface area contributed by atoms with E-state index in [0.717, 1.165) is 5.69 Å². The van der Waals surface area contributed by atoms with Crippen LogP contribution >= 0.6 is 12.6 Å². The van der Waals surface area contributed by atoms with Gasteiger partial charge in [0.2, 0.25) is 5.91 Å². The molecule has 1 rings (SSSR count). The molecule has 1 amide bonds. The van der Waals surface area contributed by atoms with Crippen molar-refractivity contribution in [1.29, 1.82) is 0 Å². The van der Waals surface area contributed by atoms with E-state index in [0.29, 0.717) is 11.7 Å². The topological polar surface area (TPSA) is 46.3 Å². The average molecular weight is 252 g/mol. The molecule has 17 heavy (non-hydrogen) atoms. The lowest BCUT2D eigenvalue weighted by atomic mass is 10.0. The molecule has 0 radical (unpaired) electrons. The zero-order valence-corrected chi connectivity index (χ0v) is 11.4. The second-order valence-corrected chi connectivity index (χ2v) is 4.80. The molecule has 1 unspecified atom stereocenters. The van der Waals surface area contributed by atoms with E-state index in [1.807, 2.05) is 18.2 Å². The molecule has 0 fully saturated rings. The lowest BCUT2D eigenvalue weighted by molar-refractivity contribution is -0.119. The van der Waals surface area contributed by atoms with Crippen molar-refractivity contribution in [2.75, 3.05) is 17.7 Å². The Bertz CT molecular complexity index is 393. The van der Waals surface area contributed by atoms with Crippen LogP contribution in [0.15, 0.2) is 24.3 Å². The maximum Gasteiger partial charge on any atom is 0.244 e. The number of nitrogens with two attached hydrogens (primary N) is 1. The number of nitrogens with zero attached hydrogens (tertiary/aromatic N) is 1. The molecule has 3 nitrogen and oxygen atoms in total. The quantitative estimate of drug-likeness (QED) is 0.805. The van der Waals surface area contributed by atoms with Gasteiger partial charge in [-0.2, -0.15) is 12.6 Å². The molecule has 94 valence electrons. The summed E-state index contributed by atoms with van der Waals surface area (Å²) in [5.74, 6) is 0.686. The van der Waals surface area contributed by atoms with Crippen LogP contribution in [0.3, 0.4) is 0 Å². The Kier molecular flexibility index (Phi) is 5.02. The first-order chi connectivity index (χ1) is 7.97. The molecule has 0 aliphatic carbocycles. The van der Waals surface area contributed by atoms with Crippen LogP contribution in [0.5, 0.6) is 0 Å².